The van der Waals surface area contributed by atoms with E-state index in [9.17, 15) is 0 Å². The highest BCUT2D eigenvalue weighted by Gasteiger charge is 2.04. The van der Waals surface area contributed by atoms with Crippen molar-refractivity contribution >= 4 is 27.3 Å². The molecule has 0 fully saturated rings. The second kappa shape index (κ2) is 6.93. The van der Waals surface area contributed by atoms with Crippen LogP contribution in [-0.2, 0) is 13.1 Å². The lowest BCUT2D eigenvalue weighted by Gasteiger charge is -2.01. The summed E-state index contributed by atoms with van der Waals surface area (Å²) >= 11 is 5.22. The van der Waals surface area contributed by atoms with Gasteiger partial charge in [-0.05, 0) is 29.3 Å². The van der Waals surface area contributed by atoms with Gasteiger partial charge < -0.3 is 5.32 Å². The number of benzene rings is 1. The first-order chi connectivity index (χ1) is 10.3. The van der Waals surface area contributed by atoms with Gasteiger partial charge in [-0.15, -0.1) is 11.3 Å². The maximum Gasteiger partial charge on any atom is 0.107 e. The molecule has 0 spiro atoms. The molecule has 3 aromatic rings. The van der Waals surface area contributed by atoms with Gasteiger partial charge in [0.2, 0.25) is 0 Å². The third-order valence-corrected chi connectivity index (χ3v) is 4.53. The third-order valence-electron chi connectivity index (χ3n) is 2.99. The van der Waals surface area contributed by atoms with Crippen molar-refractivity contribution in [3.05, 3.63) is 70.0 Å². The summed E-state index contributed by atoms with van der Waals surface area (Å²) in [6.45, 7) is 1.58. The molecular weight excluding hydrogens is 346 g/mol. The largest absolute Gasteiger partial charge is 0.306 e. The highest BCUT2D eigenvalue weighted by Crippen LogP contribution is 2.28. The molecule has 2 heterocycles. The van der Waals surface area contributed by atoms with E-state index in [-0.39, 0.29) is 0 Å². The molecule has 3 rings (SSSR count). The highest BCUT2D eigenvalue weighted by atomic mass is 79.9. The van der Waals surface area contributed by atoms with Crippen LogP contribution >= 0.6 is 27.3 Å². The monoisotopic (exact) mass is 359 g/mol. The summed E-state index contributed by atoms with van der Waals surface area (Å²) in [7, 11) is 0. The van der Waals surface area contributed by atoms with E-state index in [1.807, 2.05) is 30.6 Å². The zero-order valence-corrected chi connectivity index (χ0v) is 13.7. The lowest BCUT2D eigenvalue weighted by Crippen LogP contribution is -2.12. The molecule has 21 heavy (non-hydrogen) atoms. The van der Waals surface area contributed by atoms with Crippen molar-refractivity contribution in [1.82, 2.24) is 15.3 Å². The smallest absolute Gasteiger partial charge is 0.107 e. The number of nitrogens with one attached hydrogen (secondary N) is 1. The molecular formula is C16H14BrN3S. The van der Waals surface area contributed by atoms with Crippen molar-refractivity contribution in [3.63, 3.8) is 0 Å². The Hall–Kier alpha value is -1.56. The van der Waals surface area contributed by atoms with Gasteiger partial charge >= 0.3 is 0 Å². The Kier molecular flexibility index (Phi) is 4.75. The van der Waals surface area contributed by atoms with Crippen molar-refractivity contribution in [2.45, 2.75) is 13.1 Å². The second-order valence-corrected chi connectivity index (χ2v) is 6.62. The maximum absolute atomic E-state index is 4.48. The molecule has 0 bridgehead atoms. The maximum atomic E-state index is 4.48. The van der Waals surface area contributed by atoms with Gasteiger partial charge in [-0.25, -0.2) is 4.98 Å². The second-order valence-electron chi connectivity index (χ2n) is 4.59. The zero-order chi connectivity index (χ0) is 14.5. The van der Waals surface area contributed by atoms with Crippen LogP contribution in [0.4, 0.5) is 0 Å². The topological polar surface area (TPSA) is 37.8 Å². The first-order valence-electron chi connectivity index (χ1n) is 6.61. The molecule has 0 aliphatic heterocycles. The fourth-order valence-corrected chi connectivity index (χ4v) is 3.27. The molecule has 2 aromatic heterocycles. The molecule has 3 nitrogen and oxygen atoms in total. The van der Waals surface area contributed by atoms with Crippen LogP contribution in [0.5, 0.6) is 0 Å². The molecule has 106 valence electrons. The van der Waals surface area contributed by atoms with E-state index in [4.69, 9.17) is 0 Å². The number of aromatic nitrogens is 2. The van der Waals surface area contributed by atoms with E-state index in [0.717, 1.165) is 22.6 Å². The average molecular weight is 360 g/mol. The van der Waals surface area contributed by atoms with Crippen molar-refractivity contribution in [1.29, 1.82) is 0 Å². The number of rotatable bonds is 5. The minimum absolute atomic E-state index is 0.771. The summed E-state index contributed by atoms with van der Waals surface area (Å²) in [6, 6.07) is 12.3. The summed E-state index contributed by atoms with van der Waals surface area (Å²) in [4.78, 5) is 9.77. The molecule has 1 N–H and O–H groups in total. The van der Waals surface area contributed by atoms with Crippen LogP contribution in [0, 0.1) is 0 Å². The van der Waals surface area contributed by atoms with Gasteiger partial charge in [0.05, 0.1) is 4.88 Å². The highest BCUT2D eigenvalue weighted by molar-refractivity contribution is 9.10. The van der Waals surface area contributed by atoms with Crippen LogP contribution in [0.25, 0.3) is 10.4 Å². The zero-order valence-electron chi connectivity index (χ0n) is 11.3. The molecule has 0 unspecified atom stereocenters. The SMILES string of the molecule is Brc1cccc(-c2cnc(CNCc3cccnc3)s2)c1. The Morgan fingerprint density at radius 1 is 1.10 bits per heavy atom. The van der Waals surface area contributed by atoms with Gasteiger partial charge in [0.25, 0.3) is 0 Å². The van der Waals surface area contributed by atoms with Gasteiger partial charge in [-0.3, -0.25) is 4.98 Å². The van der Waals surface area contributed by atoms with E-state index in [2.05, 4.69) is 49.4 Å². The van der Waals surface area contributed by atoms with E-state index >= 15 is 0 Å². The lowest BCUT2D eigenvalue weighted by molar-refractivity contribution is 0.688. The minimum atomic E-state index is 0.771. The number of thiazole rings is 1. The summed E-state index contributed by atoms with van der Waals surface area (Å²) in [5.74, 6) is 0. The number of hydrogen-bond donors (Lipinski definition) is 1. The van der Waals surface area contributed by atoms with Gasteiger partial charge in [-0.1, -0.05) is 34.1 Å². The Morgan fingerprint density at radius 3 is 2.86 bits per heavy atom. The third kappa shape index (κ3) is 3.97. The van der Waals surface area contributed by atoms with Crippen LogP contribution in [0.3, 0.4) is 0 Å². The number of pyridine rings is 1. The van der Waals surface area contributed by atoms with Crippen LogP contribution < -0.4 is 5.32 Å². The quantitative estimate of drug-likeness (QED) is 0.739. The molecule has 5 heteroatoms. The van der Waals surface area contributed by atoms with Crippen LogP contribution in [0.2, 0.25) is 0 Å². The number of halogens is 1. The molecule has 0 amide bonds. The first kappa shape index (κ1) is 14.4. The molecule has 0 aliphatic carbocycles. The lowest BCUT2D eigenvalue weighted by atomic mass is 10.2. The normalized spacial score (nSPS) is 10.7. The minimum Gasteiger partial charge on any atom is -0.306 e. The van der Waals surface area contributed by atoms with Crippen molar-refractivity contribution in [2.75, 3.05) is 0 Å². The van der Waals surface area contributed by atoms with E-state index < -0.39 is 0 Å². The van der Waals surface area contributed by atoms with Crippen LogP contribution in [0.1, 0.15) is 10.6 Å². The Balaban J connectivity index is 1.60. The van der Waals surface area contributed by atoms with E-state index in [1.54, 1.807) is 17.5 Å². The fraction of sp³-hybridized carbons (Fsp3) is 0.125. The molecule has 0 radical (unpaired) electrons. The van der Waals surface area contributed by atoms with Crippen molar-refractivity contribution in [3.8, 4) is 10.4 Å². The van der Waals surface area contributed by atoms with Crippen molar-refractivity contribution in [2.24, 2.45) is 0 Å². The van der Waals surface area contributed by atoms with E-state index in [0.29, 0.717) is 0 Å². The van der Waals surface area contributed by atoms with Gasteiger partial charge in [-0.2, -0.15) is 0 Å². The molecule has 0 saturated heterocycles. The Bertz CT molecular complexity index is 712. The standard InChI is InChI=1S/C16H14BrN3S/c17-14-5-1-4-13(7-14)15-10-20-16(21-15)11-19-9-12-3-2-6-18-8-12/h1-8,10,19H,9,11H2. The predicted molar refractivity (Wildman–Crippen MR) is 90.0 cm³/mol. The molecule has 1 aromatic carbocycles. The summed E-state index contributed by atoms with van der Waals surface area (Å²) in [5, 5.41) is 4.48. The van der Waals surface area contributed by atoms with Gasteiger partial charge in [0, 0.05) is 36.2 Å². The summed E-state index contributed by atoms with van der Waals surface area (Å²) in [5.41, 5.74) is 2.38. The summed E-state index contributed by atoms with van der Waals surface area (Å²) < 4.78 is 1.09. The van der Waals surface area contributed by atoms with Crippen molar-refractivity contribution < 1.29 is 0 Å². The molecule has 0 aliphatic rings. The predicted octanol–water partition coefficient (Wildman–Crippen LogP) is 4.26. The Morgan fingerprint density at radius 2 is 2.05 bits per heavy atom. The molecule has 0 saturated carbocycles. The summed E-state index contributed by atoms with van der Waals surface area (Å²) in [6.07, 6.45) is 5.60. The van der Waals surface area contributed by atoms with Crippen LogP contribution in [-0.4, -0.2) is 9.97 Å². The average Bonchev–Trinajstić information content (AvgIpc) is 2.97. The van der Waals surface area contributed by atoms with Gasteiger partial charge in [0.15, 0.2) is 0 Å². The molecule has 0 atom stereocenters. The van der Waals surface area contributed by atoms with E-state index in [1.165, 1.54) is 16.0 Å². The Labute approximate surface area is 136 Å². The van der Waals surface area contributed by atoms with Gasteiger partial charge in [0.1, 0.15) is 5.01 Å². The van der Waals surface area contributed by atoms with Crippen LogP contribution in [0.15, 0.2) is 59.5 Å². The first-order valence-corrected chi connectivity index (χ1v) is 8.22. The fourth-order valence-electron chi connectivity index (χ4n) is 1.98. The number of nitrogens with zero attached hydrogens (tertiary/aromatic N) is 2. The number of hydrogen-bond acceptors (Lipinski definition) is 4.